The number of hydrogen-bond donors (Lipinski definition) is 3. The number of nitrogens with one attached hydrogen (secondary N) is 3. The maximum Gasteiger partial charge on any atom is 0.411 e. The molecule has 2 aromatic rings. The summed E-state index contributed by atoms with van der Waals surface area (Å²) in [5.41, 5.74) is 2.66. The van der Waals surface area contributed by atoms with Gasteiger partial charge in [-0.3, -0.25) is 10.3 Å². The fourth-order valence-corrected chi connectivity index (χ4v) is 2.05. The molecule has 0 aliphatic carbocycles. The van der Waals surface area contributed by atoms with Crippen LogP contribution in [0.15, 0.2) is 53.7 Å². The van der Waals surface area contributed by atoms with Crippen molar-refractivity contribution in [2.75, 3.05) is 19.0 Å². The van der Waals surface area contributed by atoms with Gasteiger partial charge in [-0.1, -0.05) is 18.2 Å². The van der Waals surface area contributed by atoms with Crippen LogP contribution in [0.5, 0.6) is 0 Å². The fourth-order valence-electron chi connectivity index (χ4n) is 2.05. The highest BCUT2D eigenvalue weighted by molar-refractivity contribution is 5.84. The molecule has 0 bridgehead atoms. The summed E-state index contributed by atoms with van der Waals surface area (Å²) in [4.78, 5) is 20.0. The summed E-state index contributed by atoms with van der Waals surface area (Å²) in [5, 5.41) is 9.07. The Hall–Kier alpha value is -3.09. The molecule has 0 unspecified atom stereocenters. The molecule has 0 radical (unpaired) electrons. The van der Waals surface area contributed by atoms with Gasteiger partial charge in [0.05, 0.1) is 25.9 Å². The van der Waals surface area contributed by atoms with Gasteiger partial charge in [0, 0.05) is 18.4 Å². The summed E-state index contributed by atoms with van der Waals surface area (Å²) in [6, 6.07) is 13.3. The molecule has 2 rings (SSSR count). The van der Waals surface area contributed by atoms with Gasteiger partial charge in [-0.2, -0.15) is 0 Å². The predicted octanol–water partition coefficient (Wildman–Crippen LogP) is 2.52. The van der Waals surface area contributed by atoms with Crippen molar-refractivity contribution in [3.63, 3.8) is 0 Å². The Kier molecular flexibility index (Phi) is 7.24. The van der Waals surface area contributed by atoms with Gasteiger partial charge in [0.2, 0.25) is 0 Å². The Morgan fingerprint density at radius 1 is 1.16 bits per heavy atom. The number of rotatable bonds is 6. The summed E-state index contributed by atoms with van der Waals surface area (Å²) in [7, 11) is 1.33. The Bertz CT molecular complexity index is 686. The van der Waals surface area contributed by atoms with Crippen LogP contribution < -0.4 is 16.0 Å². The van der Waals surface area contributed by atoms with Crippen LogP contribution in [0.3, 0.4) is 0 Å². The maximum absolute atomic E-state index is 11.2. The minimum Gasteiger partial charge on any atom is -0.453 e. The van der Waals surface area contributed by atoms with E-state index in [1.807, 2.05) is 49.4 Å². The zero-order chi connectivity index (χ0) is 17.9. The third-order valence-electron chi connectivity index (χ3n) is 3.31. The van der Waals surface area contributed by atoms with Crippen molar-refractivity contribution in [1.29, 1.82) is 0 Å². The first-order chi connectivity index (χ1) is 12.2. The van der Waals surface area contributed by atoms with Crippen LogP contribution in [-0.4, -0.2) is 30.7 Å². The average Bonchev–Trinajstić information content (AvgIpc) is 2.66. The van der Waals surface area contributed by atoms with Crippen molar-refractivity contribution in [3.05, 3.63) is 59.9 Å². The lowest BCUT2D eigenvalue weighted by atomic mass is 10.2. The van der Waals surface area contributed by atoms with E-state index in [2.05, 4.69) is 30.7 Å². The molecule has 1 aromatic carbocycles. The van der Waals surface area contributed by atoms with Gasteiger partial charge in [0.25, 0.3) is 0 Å². The number of pyridine rings is 1. The molecular weight excluding hydrogens is 318 g/mol. The topological polar surface area (TPSA) is 87.6 Å². The van der Waals surface area contributed by atoms with Crippen molar-refractivity contribution in [2.45, 2.75) is 20.0 Å². The Morgan fingerprint density at radius 3 is 2.60 bits per heavy atom. The van der Waals surface area contributed by atoms with E-state index in [9.17, 15) is 4.79 Å². The lowest BCUT2D eigenvalue weighted by Gasteiger charge is -2.11. The predicted molar refractivity (Wildman–Crippen MR) is 98.4 cm³/mol. The first-order valence-electron chi connectivity index (χ1n) is 8.07. The van der Waals surface area contributed by atoms with Gasteiger partial charge in [-0.25, -0.2) is 9.79 Å². The molecule has 0 fully saturated rings. The number of nitrogens with zero attached hydrogens (tertiary/aromatic N) is 2. The highest BCUT2D eigenvalue weighted by Crippen LogP contribution is 2.10. The number of ether oxygens (including phenoxy) is 1. The van der Waals surface area contributed by atoms with Crippen molar-refractivity contribution in [1.82, 2.24) is 15.6 Å². The largest absolute Gasteiger partial charge is 0.453 e. The van der Waals surface area contributed by atoms with Crippen LogP contribution in [0.1, 0.15) is 18.2 Å². The van der Waals surface area contributed by atoms with E-state index < -0.39 is 6.09 Å². The summed E-state index contributed by atoms with van der Waals surface area (Å²) in [6.07, 6.45) is 1.28. The van der Waals surface area contributed by atoms with Gasteiger partial charge in [0.1, 0.15) is 0 Å². The molecular formula is C18H23N5O2. The summed E-state index contributed by atoms with van der Waals surface area (Å²) < 4.78 is 4.56. The average molecular weight is 341 g/mol. The summed E-state index contributed by atoms with van der Waals surface area (Å²) in [6.45, 7) is 3.92. The highest BCUT2D eigenvalue weighted by Gasteiger charge is 2.01. The number of aromatic nitrogens is 1. The van der Waals surface area contributed by atoms with Crippen LogP contribution in [0.25, 0.3) is 0 Å². The number of guanidine groups is 1. The normalized spacial score (nSPS) is 10.9. The van der Waals surface area contributed by atoms with Crippen molar-refractivity contribution < 1.29 is 9.53 Å². The molecule has 1 amide bonds. The monoisotopic (exact) mass is 341 g/mol. The fraction of sp³-hybridized carbons (Fsp3) is 0.278. The third kappa shape index (κ3) is 6.50. The van der Waals surface area contributed by atoms with Crippen LogP contribution >= 0.6 is 0 Å². The lowest BCUT2D eigenvalue weighted by molar-refractivity contribution is 0.187. The van der Waals surface area contributed by atoms with Crippen LogP contribution in [0.4, 0.5) is 10.5 Å². The molecule has 7 heteroatoms. The second-order valence-corrected chi connectivity index (χ2v) is 5.18. The number of carbonyl (C=O) groups is 1. The molecule has 0 saturated carbocycles. The molecule has 25 heavy (non-hydrogen) atoms. The SMILES string of the molecule is CCNC(=NCc1ccc(NC(=O)OC)cc1)NCc1ccccn1. The first-order valence-corrected chi connectivity index (χ1v) is 8.07. The number of methoxy groups -OCH3 is 1. The lowest BCUT2D eigenvalue weighted by Crippen LogP contribution is -2.36. The number of hydrogen-bond acceptors (Lipinski definition) is 4. The van der Waals surface area contributed by atoms with Crippen LogP contribution in [0.2, 0.25) is 0 Å². The molecule has 0 spiro atoms. The molecule has 0 aliphatic heterocycles. The van der Waals surface area contributed by atoms with Crippen LogP contribution in [-0.2, 0) is 17.8 Å². The molecule has 7 nitrogen and oxygen atoms in total. The summed E-state index contributed by atoms with van der Waals surface area (Å²) >= 11 is 0. The Labute approximate surface area is 147 Å². The number of aliphatic imine (C=N–C) groups is 1. The number of carbonyl (C=O) groups excluding carboxylic acids is 1. The third-order valence-corrected chi connectivity index (χ3v) is 3.31. The van der Waals surface area contributed by atoms with Crippen molar-refractivity contribution in [2.24, 2.45) is 4.99 Å². The Balaban J connectivity index is 1.92. The number of benzene rings is 1. The molecule has 0 saturated heterocycles. The summed E-state index contributed by atoms with van der Waals surface area (Å²) in [5.74, 6) is 0.727. The van der Waals surface area contributed by atoms with Crippen LogP contribution in [0, 0.1) is 0 Å². The minimum absolute atomic E-state index is 0.487. The first kappa shape index (κ1) is 18.3. The Morgan fingerprint density at radius 2 is 1.96 bits per heavy atom. The second-order valence-electron chi connectivity index (χ2n) is 5.18. The van der Waals surface area contributed by atoms with Gasteiger partial charge in [-0.05, 0) is 36.8 Å². The quantitative estimate of drug-likeness (QED) is 0.555. The molecule has 3 N–H and O–H groups in total. The zero-order valence-electron chi connectivity index (χ0n) is 14.5. The van der Waals surface area contributed by atoms with Gasteiger partial charge in [0.15, 0.2) is 5.96 Å². The highest BCUT2D eigenvalue weighted by atomic mass is 16.5. The number of amides is 1. The smallest absolute Gasteiger partial charge is 0.411 e. The van der Waals surface area contributed by atoms with Gasteiger partial charge < -0.3 is 15.4 Å². The van der Waals surface area contributed by atoms with Gasteiger partial charge >= 0.3 is 6.09 Å². The molecule has 1 aromatic heterocycles. The second kappa shape index (κ2) is 9.92. The van der Waals surface area contributed by atoms with Gasteiger partial charge in [-0.15, -0.1) is 0 Å². The van der Waals surface area contributed by atoms with E-state index in [1.165, 1.54) is 7.11 Å². The van der Waals surface area contributed by atoms with Crippen molar-refractivity contribution >= 4 is 17.7 Å². The molecule has 132 valence electrons. The van der Waals surface area contributed by atoms with E-state index in [-0.39, 0.29) is 0 Å². The molecule has 0 atom stereocenters. The molecule has 1 heterocycles. The van der Waals surface area contributed by atoms with E-state index in [0.29, 0.717) is 18.8 Å². The van der Waals surface area contributed by atoms with Crippen molar-refractivity contribution in [3.8, 4) is 0 Å². The van der Waals surface area contributed by atoms with E-state index >= 15 is 0 Å². The zero-order valence-corrected chi connectivity index (χ0v) is 14.5. The maximum atomic E-state index is 11.2. The minimum atomic E-state index is -0.487. The van der Waals surface area contributed by atoms with E-state index in [1.54, 1.807) is 6.20 Å². The van der Waals surface area contributed by atoms with E-state index in [4.69, 9.17) is 0 Å². The standard InChI is InChI=1S/C18H23N5O2/c1-3-19-17(22-13-16-6-4-5-11-20-16)21-12-14-7-9-15(10-8-14)23-18(24)25-2/h4-11H,3,12-13H2,1-2H3,(H,23,24)(H2,19,21,22). The van der Waals surface area contributed by atoms with E-state index in [0.717, 1.165) is 23.8 Å². The molecule has 0 aliphatic rings. The number of anilines is 1.